The Bertz CT molecular complexity index is 437. The van der Waals surface area contributed by atoms with Gasteiger partial charge in [0.15, 0.2) is 0 Å². The van der Waals surface area contributed by atoms with Gasteiger partial charge in [-0.1, -0.05) is 0 Å². The Kier molecular flexibility index (Phi) is 3.12. The molecule has 0 aliphatic carbocycles. The Labute approximate surface area is 99.9 Å². The Morgan fingerprint density at radius 3 is 2.88 bits per heavy atom. The predicted octanol–water partition coefficient (Wildman–Crippen LogP) is 3.03. The van der Waals surface area contributed by atoms with E-state index in [4.69, 9.17) is 0 Å². The van der Waals surface area contributed by atoms with Gasteiger partial charge in [0.2, 0.25) is 0 Å². The van der Waals surface area contributed by atoms with E-state index >= 15 is 0 Å². The van der Waals surface area contributed by atoms with Gasteiger partial charge in [-0.3, -0.25) is 0 Å². The van der Waals surface area contributed by atoms with Crippen LogP contribution in [-0.2, 0) is 6.54 Å². The summed E-state index contributed by atoms with van der Waals surface area (Å²) in [6.07, 6.45) is 1.92. The lowest BCUT2D eigenvalue weighted by molar-refractivity contribution is 0.424. The smallest absolute Gasteiger partial charge is 0.107 e. The van der Waals surface area contributed by atoms with E-state index < -0.39 is 0 Å². The molecule has 0 aliphatic rings. The fraction of sp³-hybridized carbons (Fsp3) is 0.417. The van der Waals surface area contributed by atoms with Crippen molar-refractivity contribution >= 4 is 11.3 Å². The first kappa shape index (κ1) is 11.4. The van der Waals surface area contributed by atoms with Crippen molar-refractivity contribution in [1.29, 1.82) is 0 Å². The van der Waals surface area contributed by atoms with E-state index in [1.165, 1.54) is 0 Å². The number of nitrogens with zero attached hydrogens (tertiary/aromatic N) is 1. The number of H-pyrrole nitrogens is 1. The molecule has 0 atom stereocenters. The average Bonchev–Trinajstić information content (AvgIpc) is 2.84. The Hall–Kier alpha value is -1.13. The molecule has 0 spiro atoms. The summed E-state index contributed by atoms with van der Waals surface area (Å²) in [5.41, 5.74) is 2.25. The zero-order chi connectivity index (χ0) is 11.6. The number of nitrogens with one attached hydrogen (secondary N) is 2. The van der Waals surface area contributed by atoms with Crippen LogP contribution in [0.3, 0.4) is 0 Å². The SMILES string of the molecule is CC(C)(C)NCc1nc(-c2ccc[nH]2)cs1. The maximum atomic E-state index is 4.58. The fourth-order valence-corrected chi connectivity index (χ4v) is 2.08. The second kappa shape index (κ2) is 4.39. The van der Waals surface area contributed by atoms with Gasteiger partial charge in [-0.15, -0.1) is 11.3 Å². The summed E-state index contributed by atoms with van der Waals surface area (Å²) in [4.78, 5) is 7.74. The molecule has 2 aromatic rings. The molecule has 0 aliphatic heterocycles. The van der Waals surface area contributed by atoms with Gasteiger partial charge in [0.05, 0.1) is 11.4 Å². The average molecular weight is 235 g/mol. The van der Waals surface area contributed by atoms with Crippen LogP contribution >= 0.6 is 11.3 Å². The second-order valence-electron chi connectivity index (χ2n) is 4.81. The van der Waals surface area contributed by atoms with E-state index in [9.17, 15) is 0 Å². The maximum absolute atomic E-state index is 4.58. The van der Waals surface area contributed by atoms with Gasteiger partial charge < -0.3 is 10.3 Å². The van der Waals surface area contributed by atoms with Crippen LogP contribution in [0.15, 0.2) is 23.7 Å². The molecule has 0 radical (unpaired) electrons. The number of hydrogen-bond donors (Lipinski definition) is 2. The van der Waals surface area contributed by atoms with Crippen molar-refractivity contribution in [3.63, 3.8) is 0 Å². The molecule has 2 rings (SSSR count). The van der Waals surface area contributed by atoms with Crippen LogP contribution in [0, 0.1) is 0 Å². The summed E-state index contributed by atoms with van der Waals surface area (Å²) >= 11 is 1.69. The number of aromatic amines is 1. The van der Waals surface area contributed by atoms with Crippen molar-refractivity contribution in [2.24, 2.45) is 0 Å². The van der Waals surface area contributed by atoms with E-state index in [-0.39, 0.29) is 5.54 Å². The van der Waals surface area contributed by atoms with E-state index in [0.29, 0.717) is 0 Å². The first-order valence-electron chi connectivity index (χ1n) is 5.38. The number of rotatable bonds is 3. The predicted molar refractivity (Wildman–Crippen MR) is 68.5 cm³/mol. The summed E-state index contributed by atoms with van der Waals surface area (Å²) in [6.45, 7) is 7.31. The molecule has 4 heteroatoms. The first-order valence-corrected chi connectivity index (χ1v) is 6.26. The Balaban J connectivity index is 2.03. The molecule has 2 N–H and O–H groups in total. The van der Waals surface area contributed by atoms with Crippen LogP contribution in [0.5, 0.6) is 0 Å². The van der Waals surface area contributed by atoms with Crippen molar-refractivity contribution in [3.8, 4) is 11.4 Å². The molecule has 0 amide bonds. The van der Waals surface area contributed by atoms with Crippen LogP contribution in [0.1, 0.15) is 25.8 Å². The third kappa shape index (κ3) is 2.93. The standard InChI is InChI=1S/C12H17N3S/c1-12(2,3)14-7-11-15-10(8-16-11)9-5-4-6-13-9/h4-6,8,13-14H,7H2,1-3H3. The van der Waals surface area contributed by atoms with Crippen molar-refractivity contribution < 1.29 is 0 Å². The zero-order valence-corrected chi connectivity index (χ0v) is 10.7. The molecule has 0 aromatic carbocycles. The third-order valence-electron chi connectivity index (χ3n) is 2.20. The third-order valence-corrected chi connectivity index (χ3v) is 3.04. The molecule has 0 saturated heterocycles. The molecule has 3 nitrogen and oxygen atoms in total. The van der Waals surface area contributed by atoms with Crippen LogP contribution in [0.25, 0.3) is 11.4 Å². The number of thiazole rings is 1. The molecule has 2 aromatic heterocycles. The normalized spacial score (nSPS) is 11.9. The minimum atomic E-state index is 0.137. The molecule has 0 bridgehead atoms. The van der Waals surface area contributed by atoms with Gasteiger partial charge in [-0.2, -0.15) is 0 Å². The summed E-state index contributed by atoms with van der Waals surface area (Å²) in [5.74, 6) is 0. The van der Waals surface area contributed by atoms with Crippen LogP contribution in [0.4, 0.5) is 0 Å². The monoisotopic (exact) mass is 235 g/mol. The quantitative estimate of drug-likeness (QED) is 0.858. The minimum Gasteiger partial charge on any atom is -0.360 e. The topological polar surface area (TPSA) is 40.7 Å². The molecular formula is C12H17N3S. The zero-order valence-electron chi connectivity index (χ0n) is 9.87. The van der Waals surface area contributed by atoms with E-state index in [1.807, 2.05) is 18.3 Å². The van der Waals surface area contributed by atoms with Gasteiger partial charge in [0.1, 0.15) is 5.01 Å². The molecule has 2 heterocycles. The lowest BCUT2D eigenvalue weighted by atomic mass is 10.1. The fourth-order valence-electron chi connectivity index (χ4n) is 1.35. The van der Waals surface area contributed by atoms with Gasteiger partial charge >= 0.3 is 0 Å². The van der Waals surface area contributed by atoms with Crippen molar-refractivity contribution in [2.45, 2.75) is 32.9 Å². The van der Waals surface area contributed by atoms with Crippen LogP contribution in [-0.4, -0.2) is 15.5 Å². The second-order valence-corrected chi connectivity index (χ2v) is 5.76. The lowest BCUT2D eigenvalue weighted by Gasteiger charge is -2.19. The Morgan fingerprint density at radius 2 is 2.25 bits per heavy atom. The molecular weight excluding hydrogens is 218 g/mol. The van der Waals surface area contributed by atoms with Gasteiger partial charge in [-0.25, -0.2) is 4.98 Å². The maximum Gasteiger partial charge on any atom is 0.107 e. The lowest BCUT2D eigenvalue weighted by Crippen LogP contribution is -2.34. The first-order chi connectivity index (χ1) is 7.54. The van der Waals surface area contributed by atoms with Gasteiger partial charge in [0.25, 0.3) is 0 Å². The number of hydrogen-bond acceptors (Lipinski definition) is 3. The molecule has 0 saturated carbocycles. The van der Waals surface area contributed by atoms with Crippen LogP contribution in [0.2, 0.25) is 0 Å². The van der Waals surface area contributed by atoms with E-state index in [0.717, 1.165) is 22.9 Å². The highest BCUT2D eigenvalue weighted by Gasteiger charge is 2.10. The largest absolute Gasteiger partial charge is 0.360 e. The molecule has 86 valence electrons. The van der Waals surface area contributed by atoms with E-state index in [2.05, 4.69) is 41.4 Å². The summed E-state index contributed by atoms with van der Waals surface area (Å²) < 4.78 is 0. The van der Waals surface area contributed by atoms with E-state index in [1.54, 1.807) is 11.3 Å². The number of aromatic nitrogens is 2. The highest BCUT2D eigenvalue weighted by molar-refractivity contribution is 7.09. The Morgan fingerprint density at radius 1 is 1.44 bits per heavy atom. The molecule has 0 unspecified atom stereocenters. The highest BCUT2D eigenvalue weighted by Crippen LogP contribution is 2.20. The summed E-state index contributed by atoms with van der Waals surface area (Å²) in [6, 6.07) is 4.03. The highest BCUT2D eigenvalue weighted by atomic mass is 32.1. The summed E-state index contributed by atoms with van der Waals surface area (Å²) in [5, 5.41) is 6.65. The minimum absolute atomic E-state index is 0.137. The molecule has 0 fully saturated rings. The summed E-state index contributed by atoms with van der Waals surface area (Å²) in [7, 11) is 0. The van der Waals surface area contributed by atoms with Gasteiger partial charge in [-0.05, 0) is 32.9 Å². The van der Waals surface area contributed by atoms with Crippen molar-refractivity contribution in [2.75, 3.05) is 0 Å². The van der Waals surface area contributed by atoms with Gasteiger partial charge in [0, 0.05) is 23.7 Å². The molecule has 16 heavy (non-hydrogen) atoms. The van der Waals surface area contributed by atoms with Crippen molar-refractivity contribution in [3.05, 3.63) is 28.7 Å². The van der Waals surface area contributed by atoms with Crippen LogP contribution < -0.4 is 5.32 Å². The van der Waals surface area contributed by atoms with Crippen molar-refractivity contribution in [1.82, 2.24) is 15.3 Å².